The smallest absolute Gasteiger partial charge is 0.253 e. The van der Waals surface area contributed by atoms with E-state index in [9.17, 15) is 18.0 Å². The van der Waals surface area contributed by atoms with Gasteiger partial charge in [-0.15, -0.1) is 0 Å². The second kappa shape index (κ2) is 8.61. The van der Waals surface area contributed by atoms with Gasteiger partial charge in [0.05, 0.1) is 34.5 Å². The number of nitrogens with one attached hydrogen (secondary N) is 1. The standard InChI is InChI=1S/C22H30N4O4S/c1-3-9-23-21(27)17-5-4-10-25(13-17)22(28)16-6-7-20-19(12-16)24-15(2)26(20)18-8-11-31(29,30)14-18/h6-7,12,17-18H,3-5,8-11,13-14H2,1-2H3,(H,23,27). The van der Waals surface area contributed by atoms with Gasteiger partial charge in [-0.25, -0.2) is 13.4 Å². The lowest BCUT2D eigenvalue weighted by atomic mass is 9.96. The topological polar surface area (TPSA) is 101 Å². The van der Waals surface area contributed by atoms with Gasteiger partial charge in [0.2, 0.25) is 5.91 Å². The molecule has 168 valence electrons. The number of hydrogen-bond acceptors (Lipinski definition) is 5. The third kappa shape index (κ3) is 4.46. The molecule has 0 aliphatic carbocycles. The summed E-state index contributed by atoms with van der Waals surface area (Å²) in [5.74, 6) is 0.859. The predicted octanol–water partition coefficient (Wildman–Crippen LogP) is 2.08. The molecule has 2 saturated heterocycles. The highest BCUT2D eigenvalue weighted by Crippen LogP contribution is 2.30. The van der Waals surface area contributed by atoms with Gasteiger partial charge in [0.15, 0.2) is 9.84 Å². The Morgan fingerprint density at radius 2 is 2.06 bits per heavy atom. The van der Waals surface area contributed by atoms with Crippen LogP contribution in [0.5, 0.6) is 0 Å². The summed E-state index contributed by atoms with van der Waals surface area (Å²) in [6, 6.07) is 5.32. The maximum Gasteiger partial charge on any atom is 0.253 e. The van der Waals surface area contributed by atoms with Gasteiger partial charge in [0.1, 0.15) is 5.82 Å². The van der Waals surface area contributed by atoms with Gasteiger partial charge in [0.25, 0.3) is 5.91 Å². The number of amides is 2. The Bertz CT molecular complexity index is 1110. The molecule has 1 aromatic heterocycles. The van der Waals surface area contributed by atoms with E-state index in [4.69, 9.17) is 0 Å². The lowest BCUT2D eigenvalue weighted by Gasteiger charge is -2.32. The van der Waals surface area contributed by atoms with E-state index < -0.39 is 9.84 Å². The van der Waals surface area contributed by atoms with Gasteiger partial charge in [-0.2, -0.15) is 0 Å². The highest BCUT2D eigenvalue weighted by Gasteiger charge is 2.32. The molecular formula is C22H30N4O4S. The van der Waals surface area contributed by atoms with Crippen LogP contribution in [0.3, 0.4) is 0 Å². The maximum atomic E-state index is 13.1. The number of rotatable bonds is 5. The molecule has 2 fully saturated rings. The van der Waals surface area contributed by atoms with Crippen LogP contribution in [-0.4, -0.2) is 65.8 Å². The molecule has 9 heteroatoms. The second-order valence-electron chi connectivity index (χ2n) is 8.67. The highest BCUT2D eigenvalue weighted by molar-refractivity contribution is 7.91. The minimum absolute atomic E-state index is 0.0238. The van der Waals surface area contributed by atoms with E-state index in [1.807, 2.05) is 24.5 Å². The van der Waals surface area contributed by atoms with Crippen molar-refractivity contribution >= 4 is 32.7 Å². The molecule has 0 radical (unpaired) electrons. The minimum atomic E-state index is -3.00. The minimum Gasteiger partial charge on any atom is -0.356 e. The molecule has 31 heavy (non-hydrogen) atoms. The molecule has 2 unspecified atom stereocenters. The molecule has 0 bridgehead atoms. The Labute approximate surface area is 182 Å². The van der Waals surface area contributed by atoms with Crippen molar-refractivity contribution in [1.82, 2.24) is 19.8 Å². The number of aromatic nitrogens is 2. The zero-order valence-corrected chi connectivity index (χ0v) is 19.0. The van der Waals surface area contributed by atoms with Crippen LogP contribution in [0.2, 0.25) is 0 Å². The van der Waals surface area contributed by atoms with Crippen molar-refractivity contribution in [1.29, 1.82) is 0 Å². The number of imidazole rings is 1. The van der Waals surface area contributed by atoms with Crippen molar-refractivity contribution in [3.8, 4) is 0 Å². The molecule has 8 nitrogen and oxygen atoms in total. The Balaban J connectivity index is 1.53. The van der Waals surface area contributed by atoms with E-state index in [-0.39, 0.29) is 35.3 Å². The Kier molecular flexibility index (Phi) is 6.05. The average Bonchev–Trinajstić information content (AvgIpc) is 3.28. The fourth-order valence-corrected chi connectivity index (χ4v) is 6.44. The number of fused-ring (bicyclic) bond motifs is 1. The predicted molar refractivity (Wildman–Crippen MR) is 119 cm³/mol. The van der Waals surface area contributed by atoms with Crippen LogP contribution in [0.25, 0.3) is 11.0 Å². The van der Waals surface area contributed by atoms with E-state index in [0.717, 1.165) is 30.6 Å². The summed E-state index contributed by atoms with van der Waals surface area (Å²) >= 11 is 0. The normalized spacial score (nSPS) is 23.2. The first-order chi connectivity index (χ1) is 14.8. The Hall–Kier alpha value is -2.42. The molecule has 1 aromatic carbocycles. The fourth-order valence-electron chi connectivity index (χ4n) is 4.74. The molecule has 0 saturated carbocycles. The summed E-state index contributed by atoms with van der Waals surface area (Å²) in [5.41, 5.74) is 2.10. The number of hydrogen-bond donors (Lipinski definition) is 1. The summed E-state index contributed by atoms with van der Waals surface area (Å²) in [7, 11) is -3.00. The van der Waals surface area contributed by atoms with Crippen LogP contribution in [0.15, 0.2) is 18.2 Å². The molecule has 1 N–H and O–H groups in total. The molecule has 2 amide bonds. The number of benzene rings is 1. The van der Waals surface area contributed by atoms with Gasteiger partial charge in [0, 0.05) is 25.2 Å². The van der Waals surface area contributed by atoms with E-state index >= 15 is 0 Å². The van der Waals surface area contributed by atoms with Crippen LogP contribution < -0.4 is 5.32 Å². The summed E-state index contributed by atoms with van der Waals surface area (Å²) in [6.45, 7) is 5.62. The van der Waals surface area contributed by atoms with Crippen molar-refractivity contribution < 1.29 is 18.0 Å². The van der Waals surface area contributed by atoms with Crippen molar-refractivity contribution in [2.45, 2.75) is 45.6 Å². The first-order valence-corrected chi connectivity index (χ1v) is 12.9. The van der Waals surface area contributed by atoms with Crippen LogP contribution in [-0.2, 0) is 14.6 Å². The lowest BCUT2D eigenvalue weighted by molar-refractivity contribution is -0.126. The Morgan fingerprint density at radius 1 is 1.26 bits per heavy atom. The number of nitrogens with zero attached hydrogens (tertiary/aromatic N) is 3. The van der Waals surface area contributed by atoms with E-state index in [2.05, 4.69) is 10.3 Å². The zero-order chi connectivity index (χ0) is 22.2. The number of sulfone groups is 1. The first kappa shape index (κ1) is 21.8. The molecule has 2 atom stereocenters. The largest absolute Gasteiger partial charge is 0.356 e. The van der Waals surface area contributed by atoms with Crippen LogP contribution in [0.4, 0.5) is 0 Å². The van der Waals surface area contributed by atoms with E-state index in [1.54, 1.807) is 17.0 Å². The third-order valence-electron chi connectivity index (χ3n) is 6.31. The van der Waals surface area contributed by atoms with Gasteiger partial charge < -0.3 is 14.8 Å². The summed E-state index contributed by atoms with van der Waals surface area (Å²) < 4.78 is 25.8. The summed E-state index contributed by atoms with van der Waals surface area (Å²) in [4.78, 5) is 31.8. The van der Waals surface area contributed by atoms with Crippen LogP contribution in [0.1, 0.15) is 54.8 Å². The highest BCUT2D eigenvalue weighted by atomic mass is 32.2. The maximum absolute atomic E-state index is 13.1. The summed E-state index contributed by atoms with van der Waals surface area (Å²) in [6.07, 6.45) is 3.08. The molecule has 4 rings (SSSR count). The van der Waals surface area contributed by atoms with Gasteiger partial charge >= 0.3 is 0 Å². The number of piperidine rings is 1. The van der Waals surface area contributed by atoms with Crippen molar-refractivity contribution in [2.24, 2.45) is 5.92 Å². The SMILES string of the molecule is CCCNC(=O)C1CCCN(C(=O)c2ccc3c(c2)nc(C)n3C2CCS(=O)(=O)C2)C1. The number of aryl methyl sites for hydroxylation is 1. The van der Waals surface area contributed by atoms with E-state index in [1.165, 1.54) is 0 Å². The monoisotopic (exact) mass is 446 g/mol. The average molecular weight is 447 g/mol. The molecular weight excluding hydrogens is 416 g/mol. The zero-order valence-electron chi connectivity index (χ0n) is 18.1. The number of carbonyl (C=O) groups excluding carboxylic acids is 2. The lowest BCUT2D eigenvalue weighted by Crippen LogP contribution is -2.45. The quantitative estimate of drug-likeness (QED) is 0.758. The molecule has 0 spiro atoms. The number of carbonyl (C=O) groups is 2. The Morgan fingerprint density at radius 3 is 2.77 bits per heavy atom. The van der Waals surface area contributed by atoms with Crippen LogP contribution in [0, 0.1) is 12.8 Å². The second-order valence-corrected chi connectivity index (χ2v) is 10.9. The summed E-state index contributed by atoms with van der Waals surface area (Å²) in [5, 5.41) is 2.93. The van der Waals surface area contributed by atoms with Gasteiger partial charge in [-0.3, -0.25) is 9.59 Å². The van der Waals surface area contributed by atoms with E-state index in [0.29, 0.717) is 37.1 Å². The fraction of sp³-hybridized carbons (Fsp3) is 0.591. The third-order valence-corrected chi connectivity index (χ3v) is 8.07. The first-order valence-electron chi connectivity index (χ1n) is 11.0. The molecule has 3 heterocycles. The van der Waals surface area contributed by atoms with Gasteiger partial charge in [-0.05, 0) is 50.8 Å². The molecule has 2 aliphatic heterocycles. The van der Waals surface area contributed by atoms with Gasteiger partial charge in [-0.1, -0.05) is 6.92 Å². The number of likely N-dealkylation sites (tertiary alicyclic amines) is 1. The van der Waals surface area contributed by atoms with Crippen LogP contribution >= 0.6 is 0 Å². The van der Waals surface area contributed by atoms with Crippen molar-refractivity contribution in [3.05, 3.63) is 29.6 Å². The van der Waals surface area contributed by atoms with Crippen molar-refractivity contribution in [3.63, 3.8) is 0 Å². The van der Waals surface area contributed by atoms with Crippen molar-refractivity contribution in [2.75, 3.05) is 31.1 Å². The molecule has 2 aromatic rings. The molecule has 2 aliphatic rings.